The van der Waals surface area contributed by atoms with E-state index in [9.17, 15) is 4.79 Å². The largest absolute Gasteiger partial charge is 0.356 e. The van der Waals surface area contributed by atoms with E-state index in [4.69, 9.17) is 0 Å². The summed E-state index contributed by atoms with van der Waals surface area (Å²) >= 11 is 0. The Labute approximate surface area is 192 Å². The van der Waals surface area contributed by atoms with Crippen LogP contribution in [0.1, 0.15) is 35.1 Å². The van der Waals surface area contributed by atoms with Gasteiger partial charge >= 0.3 is 0 Å². The third-order valence-corrected chi connectivity index (χ3v) is 5.69. The van der Waals surface area contributed by atoms with Gasteiger partial charge in [0.2, 0.25) is 5.91 Å². The first kappa shape index (κ1) is 23.9. The minimum absolute atomic E-state index is 0. The summed E-state index contributed by atoms with van der Waals surface area (Å²) in [5.74, 6) is 1.13. The number of guanidine groups is 1. The molecule has 1 saturated heterocycles. The van der Waals surface area contributed by atoms with E-state index < -0.39 is 0 Å². The van der Waals surface area contributed by atoms with Crippen molar-refractivity contribution in [2.75, 3.05) is 46.3 Å². The van der Waals surface area contributed by atoms with Gasteiger partial charge < -0.3 is 15.5 Å². The van der Waals surface area contributed by atoms with Gasteiger partial charge in [-0.1, -0.05) is 17.7 Å². The van der Waals surface area contributed by atoms with Crippen LogP contribution in [0, 0.1) is 20.8 Å². The highest BCUT2D eigenvalue weighted by molar-refractivity contribution is 14.0. The molecule has 0 unspecified atom stereocenters. The van der Waals surface area contributed by atoms with Crippen LogP contribution in [0.25, 0.3) is 0 Å². The number of rotatable bonds is 6. The fraction of sp³-hybridized carbons (Fsp3) is 0.636. The van der Waals surface area contributed by atoms with Gasteiger partial charge in [-0.25, -0.2) is 0 Å². The second-order valence-electron chi connectivity index (χ2n) is 8.21. The van der Waals surface area contributed by atoms with Crippen LogP contribution >= 0.6 is 24.0 Å². The number of amides is 1. The van der Waals surface area contributed by atoms with Gasteiger partial charge in [-0.15, -0.1) is 24.0 Å². The van der Waals surface area contributed by atoms with Crippen LogP contribution in [0.3, 0.4) is 0 Å². The number of carbonyl (C=O) groups excluding carboxylic acids is 1. The van der Waals surface area contributed by atoms with Crippen LogP contribution in [0.5, 0.6) is 0 Å². The van der Waals surface area contributed by atoms with Crippen molar-refractivity contribution in [2.45, 2.75) is 46.1 Å². The molecule has 162 valence electrons. The molecule has 2 aliphatic rings. The van der Waals surface area contributed by atoms with Crippen molar-refractivity contribution in [1.29, 1.82) is 0 Å². The molecule has 6 nitrogen and oxygen atoms in total. The normalized spacial score (nSPS) is 17.7. The molecule has 0 spiro atoms. The van der Waals surface area contributed by atoms with Gasteiger partial charge in [0.25, 0.3) is 0 Å². The van der Waals surface area contributed by atoms with Crippen LogP contribution in [-0.4, -0.2) is 74.0 Å². The highest BCUT2D eigenvalue weighted by atomic mass is 127. The second-order valence-corrected chi connectivity index (χ2v) is 8.21. The molecule has 2 N–H and O–H groups in total. The van der Waals surface area contributed by atoms with Crippen LogP contribution < -0.4 is 10.6 Å². The van der Waals surface area contributed by atoms with E-state index in [1.807, 2.05) is 7.05 Å². The van der Waals surface area contributed by atoms with E-state index in [-0.39, 0.29) is 29.9 Å². The van der Waals surface area contributed by atoms with E-state index in [0.29, 0.717) is 12.6 Å². The molecule has 0 bridgehead atoms. The molecule has 1 aliphatic carbocycles. The van der Waals surface area contributed by atoms with Crippen LogP contribution in [0.4, 0.5) is 0 Å². The maximum atomic E-state index is 12.0. The van der Waals surface area contributed by atoms with Gasteiger partial charge in [0.05, 0.1) is 6.54 Å². The molecule has 7 heteroatoms. The molecular formula is C22H36IN5O. The van der Waals surface area contributed by atoms with Crippen LogP contribution in [0.2, 0.25) is 0 Å². The molecule has 1 aliphatic heterocycles. The number of carbonyl (C=O) groups is 1. The number of nitrogens with one attached hydrogen (secondary N) is 2. The third-order valence-electron chi connectivity index (χ3n) is 5.69. The van der Waals surface area contributed by atoms with Crippen LogP contribution in [-0.2, 0) is 11.2 Å². The molecule has 0 aromatic heterocycles. The molecule has 29 heavy (non-hydrogen) atoms. The average molecular weight is 513 g/mol. The summed E-state index contributed by atoms with van der Waals surface area (Å²) in [6, 6.07) is 4.96. The lowest BCUT2D eigenvalue weighted by Gasteiger charge is -2.36. The highest BCUT2D eigenvalue weighted by Crippen LogP contribution is 2.18. The Bertz CT molecular complexity index is 701. The van der Waals surface area contributed by atoms with Gasteiger partial charge in [0, 0.05) is 45.8 Å². The zero-order valence-electron chi connectivity index (χ0n) is 18.3. The zero-order valence-corrected chi connectivity index (χ0v) is 20.6. The highest BCUT2D eigenvalue weighted by Gasteiger charge is 2.25. The summed E-state index contributed by atoms with van der Waals surface area (Å²) in [7, 11) is 1.85. The Morgan fingerprint density at radius 1 is 1.10 bits per heavy atom. The minimum Gasteiger partial charge on any atom is -0.356 e. The van der Waals surface area contributed by atoms with Gasteiger partial charge in [-0.05, 0) is 56.7 Å². The molecule has 1 amide bonds. The maximum absolute atomic E-state index is 12.0. The fourth-order valence-electron chi connectivity index (χ4n) is 4.06. The molecule has 1 aromatic rings. The molecule has 2 fully saturated rings. The van der Waals surface area contributed by atoms with Crippen molar-refractivity contribution < 1.29 is 4.79 Å². The third kappa shape index (κ3) is 7.13. The van der Waals surface area contributed by atoms with Crippen molar-refractivity contribution in [1.82, 2.24) is 20.4 Å². The number of hydrogen-bond donors (Lipinski definition) is 2. The molecule has 0 radical (unpaired) electrons. The van der Waals surface area contributed by atoms with E-state index >= 15 is 0 Å². The Kier molecular flexibility index (Phi) is 9.20. The molecule has 1 saturated carbocycles. The standard InChI is InChI=1S/C22H35N5O.HI/c1-16-13-17(2)20(18(3)14-16)7-8-24-22(23-4)27-11-9-26(10-12-27)15-21(28)25-19-5-6-19;/h13-14,19H,5-12,15H2,1-4H3,(H,23,24)(H,25,28);1H. The molecule has 1 aromatic carbocycles. The Morgan fingerprint density at radius 2 is 1.72 bits per heavy atom. The zero-order chi connectivity index (χ0) is 20.1. The predicted octanol–water partition coefficient (Wildman–Crippen LogP) is 2.24. The van der Waals surface area contributed by atoms with E-state index in [0.717, 1.165) is 57.9 Å². The van der Waals surface area contributed by atoms with Gasteiger partial charge in [-0.3, -0.25) is 14.7 Å². The van der Waals surface area contributed by atoms with Crippen LogP contribution in [0.15, 0.2) is 17.1 Å². The Balaban J connectivity index is 0.00000300. The first-order chi connectivity index (χ1) is 13.5. The van der Waals surface area contributed by atoms with E-state index in [2.05, 4.69) is 58.3 Å². The molecule has 3 rings (SSSR count). The Morgan fingerprint density at radius 3 is 2.28 bits per heavy atom. The van der Waals surface area contributed by atoms with Gasteiger partial charge in [0.15, 0.2) is 5.96 Å². The fourth-order valence-corrected chi connectivity index (χ4v) is 4.06. The smallest absolute Gasteiger partial charge is 0.234 e. The van der Waals surface area contributed by atoms with Crippen molar-refractivity contribution in [3.63, 3.8) is 0 Å². The minimum atomic E-state index is 0. The quantitative estimate of drug-likeness (QED) is 0.348. The first-order valence-corrected chi connectivity index (χ1v) is 10.5. The summed E-state index contributed by atoms with van der Waals surface area (Å²) in [6.07, 6.45) is 3.28. The van der Waals surface area contributed by atoms with Crippen molar-refractivity contribution in [2.24, 2.45) is 4.99 Å². The number of aliphatic imine (C=N–C) groups is 1. The van der Waals surface area contributed by atoms with Crippen molar-refractivity contribution in [3.8, 4) is 0 Å². The number of piperazine rings is 1. The number of hydrogen-bond acceptors (Lipinski definition) is 3. The van der Waals surface area contributed by atoms with E-state index in [1.54, 1.807) is 0 Å². The van der Waals surface area contributed by atoms with Crippen molar-refractivity contribution in [3.05, 3.63) is 34.4 Å². The lowest BCUT2D eigenvalue weighted by molar-refractivity contribution is -0.122. The lowest BCUT2D eigenvalue weighted by Crippen LogP contribution is -2.54. The Hall–Kier alpha value is -1.35. The number of halogens is 1. The van der Waals surface area contributed by atoms with Gasteiger partial charge in [0.1, 0.15) is 0 Å². The second kappa shape index (κ2) is 11.2. The first-order valence-electron chi connectivity index (χ1n) is 10.5. The number of aryl methyl sites for hydroxylation is 3. The molecule has 0 atom stereocenters. The summed E-state index contributed by atoms with van der Waals surface area (Å²) < 4.78 is 0. The summed E-state index contributed by atoms with van der Waals surface area (Å²) in [5, 5.41) is 6.60. The van der Waals surface area contributed by atoms with E-state index in [1.165, 1.54) is 22.3 Å². The maximum Gasteiger partial charge on any atom is 0.234 e. The SMILES string of the molecule is CN=C(NCCc1c(C)cc(C)cc1C)N1CCN(CC(=O)NC2CC2)CC1.I. The average Bonchev–Trinajstić information content (AvgIpc) is 3.45. The summed E-state index contributed by atoms with van der Waals surface area (Å²) in [4.78, 5) is 21.0. The number of benzene rings is 1. The molecular weight excluding hydrogens is 477 g/mol. The monoisotopic (exact) mass is 513 g/mol. The van der Waals surface area contributed by atoms with Crippen molar-refractivity contribution >= 4 is 35.8 Å². The predicted molar refractivity (Wildman–Crippen MR) is 130 cm³/mol. The summed E-state index contributed by atoms with van der Waals surface area (Å²) in [5.41, 5.74) is 5.49. The summed E-state index contributed by atoms with van der Waals surface area (Å²) in [6.45, 7) is 11.5. The number of nitrogens with zero attached hydrogens (tertiary/aromatic N) is 3. The topological polar surface area (TPSA) is 60.0 Å². The molecule has 1 heterocycles. The van der Waals surface area contributed by atoms with Gasteiger partial charge in [-0.2, -0.15) is 0 Å². The lowest BCUT2D eigenvalue weighted by atomic mass is 9.97.